The van der Waals surface area contributed by atoms with E-state index < -0.39 is 18.1 Å². The largest absolute Gasteiger partial charge is 0.471 e. The quantitative estimate of drug-likeness (QED) is 0.607. The van der Waals surface area contributed by atoms with Crippen molar-refractivity contribution in [3.05, 3.63) is 58.4 Å². The first-order valence-corrected chi connectivity index (χ1v) is 12.2. The number of alkyl halides is 3. The number of pyridine rings is 1. The molecule has 1 unspecified atom stereocenters. The summed E-state index contributed by atoms with van der Waals surface area (Å²) in [6.07, 6.45) is 3.91. The third kappa shape index (κ3) is 6.07. The molecule has 1 aromatic heterocycles. The van der Waals surface area contributed by atoms with E-state index in [0.717, 1.165) is 42.6 Å². The molecule has 2 aliphatic rings. The van der Waals surface area contributed by atoms with Crippen LogP contribution < -0.4 is 10.6 Å². The zero-order valence-electron chi connectivity index (χ0n) is 19.2. The van der Waals surface area contributed by atoms with Crippen molar-refractivity contribution in [2.75, 3.05) is 18.4 Å². The maximum absolute atomic E-state index is 13.4. The van der Waals surface area contributed by atoms with E-state index in [2.05, 4.69) is 15.6 Å². The molecule has 188 valence electrons. The molecule has 1 aliphatic carbocycles. The van der Waals surface area contributed by atoms with E-state index >= 15 is 0 Å². The number of anilines is 1. The van der Waals surface area contributed by atoms with Gasteiger partial charge in [-0.05, 0) is 48.9 Å². The van der Waals surface area contributed by atoms with Gasteiger partial charge in [0, 0.05) is 37.1 Å². The van der Waals surface area contributed by atoms with Gasteiger partial charge in [-0.25, -0.2) is 0 Å². The minimum atomic E-state index is -4.92. The van der Waals surface area contributed by atoms with Crippen LogP contribution in [0.2, 0.25) is 5.02 Å². The van der Waals surface area contributed by atoms with Gasteiger partial charge in [-0.3, -0.25) is 14.6 Å². The Balaban J connectivity index is 1.61. The van der Waals surface area contributed by atoms with Crippen molar-refractivity contribution in [1.82, 2.24) is 15.2 Å². The summed E-state index contributed by atoms with van der Waals surface area (Å²) in [6.45, 7) is -0.132. The highest BCUT2D eigenvalue weighted by Crippen LogP contribution is 2.35. The number of hydrogen-bond donors (Lipinski definition) is 2. The van der Waals surface area contributed by atoms with E-state index in [4.69, 9.17) is 11.6 Å². The average molecular weight is 509 g/mol. The van der Waals surface area contributed by atoms with Gasteiger partial charge in [-0.1, -0.05) is 43.0 Å². The van der Waals surface area contributed by atoms with Crippen LogP contribution in [0.3, 0.4) is 0 Å². The lowest BCUT2D eigenvalue weighted by atomic mass is 9.95. The van der Waals surface area contributed by atoms with Crippen molar-refractivity contribution in [2.24, 2.45) is 0 Å². The van der Waals surface area contributed by atoms with Gasteiger partial charge in [-0.15, -0.1) is 0 Å². The first-order chi connectivity index (χ1) is 16.7. The summed E-state index contributed by atoms with van der Waals surface area (Å²) in [4.78, 5) is 30.2. The summed E-state index contributed by atoms with van der Waals surface area (Å²) < 4.78 is 39.0. The highest BCUT2D eigenvalue weighted by molar-refractivity contribution is 6.33. The Kier molecular flexibility index (Phi) is 7.84. The number of carbonyl (C=O) groups excluding carboxylic acids is 2. The second kappa shape index (κ2) is 10.8. The molecule has 4 rings (SSSR count). The van der Waals surface area contributed by atoms with Crippen LogP contribution >= 0.6 is 11.6 Å². The second-order valence-electron chi connectivity index (χ2n) is 9.06. The number of rotatable bonds is 5. The maximum Gasteiger partial charge on any atom is 0.471 e. The van der Waals surface area contributed by atoms with Crippen molar-refractivity contribution in [2.45, 2.75) is 63.2 Å². The van der Waals surface area contributed by atoms with Crippen molar-refractivity contribution in [3.63, 3.8) is 0 Å². The molecule has 1 aromatic carbocycles. The Morgan fingerprint density at radius 3 is 2.51 bits per heavy atom. The highest BCUT2D eigenvalue weighted by atomic mass is 35.5. The van der Waals surface area contributed by atoms with Gasteiger partial charge in [0.05, 0.1) is 10.7 Å². The normalized spacial score (nSPS) is 17.8. The fraction of sp³-hybridized carbons (Fsp3) is 0.480. The van der Waals surface area contributed by atoms with E-state index in [-0.39, 0.29) is 37.9 Å². The standard InChI is InChI=1S/C25H28ClF3N4O2/c26-20-9-8-16-10-13-33(24(35)25(27,28)29)14-11-19(16)22(20)32-21(17-5-4-12-30-15-17)23(34)31-18-6-2-1-3-7-18/h4-5,8-9,12,15,18,21,32H,1-3,6-7,10-11,13-14H2,(H,31,34). The molecule has 1 atom stereocenters. The fourth-order valence-corrected chi connectivity index (χ4v) is 5.09. The lowest BCUT2D eigenvalue weighted by Gasteiger charge is -2.27. The van der Waals surface area contributed by atoms with Crippen molar-refractivity contribution in [3.8, 4) is 0 Å². The number of benzene rings is 1. The minimum absolute atomic E-state index is 0.0411. The highest BCUT2D eigenvalue weighted by Gasteiger charge is 2.42. The van der Waals surface area contributed by atoms with Crippen molar-refractivity contribution < 1.29 is 22.8 Å². The van der Waals surface area contributed by atoms with Gasteiger partial charge < -0.3 is 15.5 Å². The molecule has 2 N–H and O–H groups in total. The Morgan fingerprint density at radius 2 is 1.83 bits per heavy atom. The summed E-state index contributed by atoms with van der Waals surface area (Å²) in [5.41, 5.74) is 2.66. The average Bonchev–Trinajstić information content (AvgIpc) is 3.06. The molecule has 1 aliphatic heterocycles. The van der Waals surface area contributed by atoms with Crippen LogP contribution in [0.1, 0.15) is 54.8 Å². The Labute approximate surface area is 207 Å². The molecular weight excluding hydrogens is 481 g/mol. The summed E-state index contributed by atoms with van der Waals surface area (Å²) in [5.74, 6) is -2.05. The summed E-state index contributed by atoms with van der Waals surface area (Å²) in [6, 6.07) is 6.29. The molecule has 1 fully saturated rings. The number of hydrogen-bond acceptors (Lipinski definition) is 4. The predicted molar refractivity (Wildman–Crippen MR) is 127 cm³/mol. The van der Waals surface area contributed by atoms with Crippen LogP contribution in [0.25, 0.3) is 0 Å². The number of carbonyl (C=O) groups is 2. The fourth-order valence-electron chi connectivity index (χ4n) is 4.86. The van der Waals surface area contributed by atoms with Gasteiger partial charge in [-0.2, -0.15) is 13.2 Å². The molecule has 0 bridgehead atoms. The molecule has 1 saturated carbocycles. The van der Waals surface area contributed by atoms with E-state index in [1.807, 2.05) is 0 Å². The first-order valence-electron chi connectivity index (χ1n) is 11.9. The third-order valence-electron chi connectivity index (χ3n) is 6.69. The maximum atomic E-state index is 13.4. The van der Waals surface area contributed by atoms with Crippen molar-refractivity contribution >= 4 is 29.1 Å². The predicted octanol–water partition coefficient (Wildman–Crippen LogP) is 4.83. The van der Waals surface area contributed by atoms with Crippen LogP contribution in [0.5, 0.6) is 0 Å². The van der Waals surface area contributed by atoms with Gasteiger partial charge >= 0.3 is 12.1 Å². The van der Waals surface area contributed by atoms with Crippen LogP contribution in [0.15, 0.2) is 36.7 Å². The lowest BCUT2D eigenvalue weighted by Crippen LogP contribution is -2.42. The van der Waals surface area contributed by atoms with Gasteiger partial charge in [0.2, 0.25) is 5.91 Å². The third-order valence-corrected chi connectivity index (χ3v) is 7.01. The molecule has 6 nitrogen and oxygen atoms in total. The topological polar surface area (TPSA) is 74.3 Å². The second-order valence-corrected chi connectivity index (χ2v) is 9.46. The van der Waals surface area contributed by atoms with E-state index in [0.29, 0.717) is 21.8 Å². The molecular formula is C25H28ClF3N4O2. The number of fused-ring (bicyclic) bond motifs is 1. The van der Waals surface area contributed by atoms with Crippen molar-refractivity contribution in [1.29, 1.82) is 0 Å². The smallest absolute Gasteiger partial charge is 0.369 e. The molecule has 0 radical (unpaired) electrons. The number of aromatic nitrogens is 1. The van der Waals surface area contributed by atoms with Crippen LogP contribution in [-0.4, -0.2) is 47.0 Å². The van der Waals surface area contributed by atoms with E-state index in [1.165, 1.54) is 0 Å². The first kappa shape index (κ1) is 25.3. The van der Waals surface area contributed by atoms with Gasteiger partial charge in [0.25, 0.3) is 0 Å². The number of halogens is 4. The molecule has 2 aromatic rings. The number of nitrogens with zero attached hydrogens (tertiary/aromatic N) is 2. The molecule has 35 heavy (non-hydrogen) atoms. The van der Waals surface area contributed by atoms with Crippen LogP contribution in [0, 0.1) is 0 Å². The van der Waals surface area contributed by atoms with Crippen LogP contribution in [0.4, 0.5) is 18.9 Å². The monoisotopic (exact) mass is 508 g/mol. The molecule has 2 heterocycles. The summed E-state index contributed by atoms with van der Waals surface area (Å²) in [7, 11) is 0. The summed E-state index contributed by atoms with van der Waals surface area (Å²) in [5, 5.41) is 6.77. The lowest BCUT2D eigenvalue weighted by molar-refractivity contribution is -0.185. The number of nitrogens with one attached hydrogen (secondary N) is 2. The van der Waals surface area contributed by atoms with Gasteiger partial charge in [0.15, 0.2) is 0 Å². The number of amides is 2. The molecule has 2 amide bonds. The zero-order chi connectivity index (χ0) is 25.0. The Bertz CT molecular complexity index is 1060. The molecule has 0 spiro atoms. The minimum Gasteiger partial charge on any atom is -0.369 e. The van der Waals surface area contributed by atoms with Crippen LogP contribution in [-0.2, 0) is 22.4 Å². The Morgan fingerprint density at radius 1 is 1.09 bits per heavy atom. The van der Waals surface area contributed by atoms with E-state index in [9.17, 15) is 22.8 Å². The molecule has 10 heteroatoms. The van der Waals surface area contributed by atoms with Gasteiger partial charge in [0.1, 0.15) is 6.04 Å². The Hall–Kier alpha value is -2.81. The molecule has 0 saturated heterocycles. The SMILES string of the molecule is O=C(NC1CCCCC1)C(Nc1c(Cl)ccc2c1CCN(C(=O)C(F)(F)F)CC2)c1cccnc1. The zero-order valence-corrected chi connectivity index (χ0v) is 20.0. The summed E-state index contributed by atoms with van der Waals surface area (Å²) >= 11 is 6.54. The van der Waals surface area contributed by atoms with E-state index in [1.54, 1.807) is 36.7 Å².